The third kappa shape index (κ3) is 8.09. The molecule has 0 atom stereocenters. The first-order valence-electron chi connectivity index (χ1n) is 13.3. The number of carboxylic acids is 1. The number of nitrogens with one attached hydrogen (secondary N) is 1. The fourth-order valence-electron chi connectivity index (χ4n) is 4.43. The molecule has 4 aromatic rings. The number of carbonyl (C=O) groups is 2. The van der Waals surface area contributed by atoms with Crippen LogP contribution in [0.2, 0.25) is 0 Å². The first-order chi connectivity index (χ1) is 19.9. The summed E-state index contributed by atoms with van der Waals surface area (Å²) >= 11 is 1.64. The predicted molar refractivity (Wildman–Crippen MR) is 156 cm³/mol. The van der Waals surface area contributed by atoms with Gasteiger partial charge < -0.3 is 19.9 Å². The molecule has 1 fully saturated rings. The van der Waals surface area contributed by atoms with E-state index in [0.717, 1.165) is 42.1 Å². The summed E-state index contributed by atoms with van der Waals surface area (Å²) in [5.41, 5.74) is 1.08. The number of halogens is 1. The normalized spacial score (nSPS) is 13.9. The van der Waals surface area contributed by atoms with E-state index in [9.17, 15) is 19.1 Å². The zero-order chi connectivity index (χ0) is 28.6. The molecule has 41 heavy (non-hydrogen) atoms. The number of hydrogen-bond acceptors (Lipinski definition) is 6. The van der Waals surface area contributed by atoms with E-state index in [4.69, 9.17) is 9.47 Å². The molecule has 1 saturated heterocycles. The van der Waals surface area contributed by atoms with Gasteiger partial charge in [-0.25, -0.2) is 13.5 Å². The molecular formula is C32H29FN2O5S. The highest BCUT2D eigenvalue weighted by molar-refractivity contribution is 7.97. The molecule has 2 N–H and O–H groups in total. The maximum atomic E-state index is 13.1. The van der Waals surface area contributed by atoms with Crippen molar-refractivity contribution in [3.63, 3.8) is 0 Å². The Labute approximate surface area is 242 Å². The average molecular weight is 573 g/mol. The molecule has 210 valence electrons. The Hall–Kier alpha value is -4.34. The molecule has 0 bridgehead atoms. The summed E-state index contributed by atoms with van der Waals surface area (Å²) in [7, 11) is 0. The number of piperidine rings is 1. The molecule has 1 amide bonds. The second-order valence-corrected chi connectivity index (χ2v) is 10.8. The lowest BCUT2D eigenvalue weighted by atomic mass is 10.1. The van der Waals surface area contributed by atoms with Crippen LogP contribution in [0, 0.1) is 5.82 Å². The summed E-state index contributed by atoms with van der Waals surface area (Å²) in [5, 5.41) is 11.9. The highest BCUT2D eigenvalue weighted by Gasteiger charge is 2.21. The van der Waals surface area contributed by atoms with E-state index < -0.39 is 5.97 Å². The Balaban J connectivity index is 1.07. The van der Waals surface area contributed by atoms with Crippen molar-refractivity contribution in [2.75, 3.05) is 18.4 Å². The number of amides is 1. The van der Waals surface area contributed by atoms with Crippen molar-refractivity contribution in [1.29, 1.82) is 0 Å². The molecule has 7 nitrogen and oxygen atoms in total. The van der Waals surface area contributed by atoms with Crippen LogP contribution in [-0.2, 0) is 11.2 Å². The molecule has 1 aliphatic heterocycles. The van der Waals surface area contributed by atoms with E-state index in [1.54, 1.807) is 66.5 Å². The number of rotatable bonds is 10. The molecule has 9 heteroatoms. The minimum absolute atomic E-state index is 0.0454. The van der Waals surface area contributed by atoms with E-state index in [1.807, 2.05) is 24.3 Å². The number of para-hydroxylation sites is 1. The monoisotopic (exact) mass is 572 g/mol. The van der Waals surface area contributed by atoms with E-state index in [0.29, 0.717) is 11.5 Å². The summed E-state index contributed by atoms with van der Waals surface area (Å²) in [4.78, 5) is 24.8. The van der Waals surface area contributed by atoms with Gasteiger partial charge in [0.2, 0.25) is 5.91 Å². The van der Waals surface area contributed by atoms with Crippen molar-refractivity contribution in [2.45, 2.75) is 30.3 Å². The molecule has 0 spiro atoms. The van der Waals surface area contributed by atoms with Crippen LogP contribution in [0.25, 0.3) is 0 Å². The highest BCUT2D eigenvalue weighted by Crippen LogP contribution is 2.29. The van der Waals surface area contributed by atoms with E-state index >= 15 is 0 Å². The molecule has 0 aromatic heterocycles. The topological polar surface area (TPSA) is 88.1 Å². The maximum absolute atomic E-state index is 13.1. The first-order valence-corrected chi connectivity index (χ1v) is 14.0. The van der Waals surface area contributed by atoms with E-state index in [1.165, 1.54) is 18.2 Å². The lowest BCUT2D eigenvalue weighted by molar-refractivity contribution is -0.115. The lowest BCUT2D eigenvalue weighted by Gasteiger charge is -2.31. The minimum atomic E-state index is -1.10. The fraction of sp³-hybridized carbons (Fsp3) is 0.188. The Morgan fingerprint density at radius 3 is 2.12 bits per heavy atom. The minimum Gasteiger partial charge on any atom is -0.490 e. The number of ether oxygens (including phenoxy) is 2. The van der Waals surface area contributed by atoms with Crippen molar-refractivity contribution < 1.29 is 28.6 Å². The smallest absolute Gasteiger partial charge is 0.337 e. The van der Waals surface area contributed by atoms with Gasteiger partial charge in [0, 0.05) is 18.0 Å². The van der Waals surface area contributed by atoms with Gasteiger partial charge in [0.1, 0.15) is 29.2 Å². The number of anilines is 1. The number of hydrogen-bond donors (Lipinski definition) is 2. The summed E-state index contributed by atoms with van der Waals surface area (Å²) < 4.78 is 27.5. The number of carboxylic acid groups (broad SMARTS) is 1. The molecule has 1 aliphatic rings. The Bertz CT molecular complexity index is 1470. The lowest BCUT2D eigenvalue weighted by Crippen LogP contribution is -2.34. The number of nitrogens with zero attached hydrogens (tertiary/aromatic N) is 1. The fourth-order valence-corrected chi connectivity index (χ4v) is 5.38. The second kappa shape index (κ2) is 13.3. The Morgan fingerprint density at radius 1 is 0.854 bits per heavy atom. The summed E-state index contributed by atoms with van der Waals surface area (Å²) in [6, 6.07) is 27.5. The zero-order valence-corrected chi connectivity index (χ0v) is 23.0. The standard InChI is InChI=1S/C32H29FN2O5S/c33-23-7-15-28(16-8-23)41-35-19-17-27(18-20-35)40-26-13-11-25(12-14-26)39-24-9-5-22(6-10-24)21-31(36)34-30-4-2-1-3-29(30)32(37)38/h1-16,27H,17-21H2,(H,34,36)(H,37,38). The Morgan fingerprint density at radius 2 is 1.46 bits per heavy atom. The van der Waals surface area contributed by atoms with Crippen LogP contribution in [0.1, 0.15) is 28.8 Å². The van der Waals surface area contributed by atoms with Gasteiger partial charge in [-0.15, -0.1) is 0 Å². The van der Waals surface area contributed by atoms with Crippen LogP contribution in [0.3, 0.4) is 0 Å². The van der Waals surface area contributed by atoms with E-state index in [-0.39, 0.29) is 35.5 Å². The van der Waals surface area contributed by atoms with Gasteiger partial charge in [-0.05, 0) is 103 Å². The van der Waals surface area contributed by atoms with Gasteiger partial charge in [0.05, 0.1) is 17.7 Å². The Kier molecular flexibility index (Phi) is 9.18. The largest absolute Gasteiger partial charge is 0.490 e. The molecule has 5 rings (SSSR count). The molecule has 0 radical (unpaired) electrons. The predicted octanol–water partition coefficient (Wildman–Crippen LogP) is 7.05. The number of benzene rings is 4. The SMILES string of the molecule is O=C(Cc1ccc(Oc2ccc(OC3CCN(Sc4ccc(F)cc4)CC3)cc2)cc1)Nc1ccccc1C(=O)O. The first kappa shape index (κ1) is 28.2. The average Bonchev–Trinajstić information content (AvgIpc) is 2.97. The molecule has 0 saturated carbocycles. The van der Waals surface area contributed by atoms with Crippen molar-refractivity contribution in [1.82, 2.24) is 4.31 Å². The molecular weight excluding hydrogens is 543 g/mol. The third-order valence-electron chi connectivity index (χ3n) is 6.53. The molecule has 0 aliphatic carbocycles. The summed E-state index contributed by atoms with van der Waals surface area (Å²) in [6.07, 6.45) is 2.05. The van der Waals surface area contributed by atoms with Gasteiger partial charge >= 0.3 is 5.97 Å². The van der Waals surface area contributed by atoms with Crippen molar-refractivity contribution in [3.8, 4) is 17.2 Å². The van der Waals surface area contributed by atoms with Gasteiger partial charge in [-0.1, -0.05) is 24.3 Å². The van der Waals surface area contributed by atoms with Crippen LogP contribution in [0.5, 0.6) is 17.2 Å². The van der Waals surface area contributed by atoms with Crippen LogP contribution in [0.4, 0.5) is 10.1 Å². The molecule has 1 heterocycles. The van der Waals surface area contributed by atoms with Gasteiger partial charge in [0.15, 0.2) is 0 Å². The van der Waals surface area contributed by atoms with Crippen molar-refractivity contribution in [2.24, 2.45) is 0 Å². The van der Waals surface area contributed by atoms with Crippen LogP contribution >= 0.6 is 11.9 Å². The third-order valence-corrected chi connectivity index (χ3v) is 7.64. The second-order valence-electron chi connectivity index (χ2n) is 9.58. The van der Waals surface area contributed by atoms with Gasteiger partial charge in [-0.3, -0.25) is 4.79 Å². The summed E-state index contributed by atoms with van der Waals surface area (Å²) in [6.45, 7) is 1.78. The quantitative estimate of drug-likeness (QED) is 0.197. The molecule has 0 unspecified atom stereocenters. The number of aromatic carboxylic acids is 1. The zero-order valence-electron chi connectivity index (χ0n) is 22.2. The van der Waals surface area contributed by atoms with Crippen molar-refractivity contribution >= 4 is 29.5 Å². The molecule has 4 aromatic carbocycles. The van der Waals surface area contributed by atoms with E-state index in [2.05, 4.69) is 9.62 Å². The van der Waals surface area contributed by atoms with Crippen molar-refractivity contribution in [3.05, 3.63) is 114 Å². The van der Waals surface area contributed by atoms with Crippen LogP contribution in [-0.4, -0.2) is 40.5 Å². The highest BCUT2D eigenvalue weighted by atomic mass is 32.2. The number of carbonyl (C=O) groups excluding carboxylic acids is 1. The van der Waals surface area contributed by atoms with Gasteiger partial charge in [-0.2, -0.15) is 0 Å². The summed E-state index contributed by atoms with van der Waals surface area (Å²) in [5.74, 6) is 0.454. The van der Waals surface area contributed by atoms with Gasteiger partial charge in [0.25, 0.3) is 0 Å². The van der Waals surface area contributed by atoms with Crippen LogP contribution < -0.4 is 14.8 Å². The maximum Gasteiger partial charge on any atom is 0.337 e. The van der Waals surface area contributed by atoms with Crippen LogP contribution in [0.15, 0.2) is 102 Å².